The van der Waals surface area contributed by atoms with Gasteiger partial charge in [-0.1, -0.05) is 48.5 Å². The molecule has 0 fully saturated rings. The predicted octanol–water partition coefficient (Wildman–Crippen LogP) is 6.91. The number of nitrogens with one attached hydrogen (secondary N) is 4. The number of aromatic amines is 2. The van der Waals surface area contributed by atoms with Crippen molar-refractivity contribution in [3.63, 3.8) is 0 Å². The van der Waals surface area contributed by atoms with Crippen LogP contribution >= 0.6 is 0 Å². The SMILES string of the molecule is CN(C)C(=N)c1ccc2cc(-c3ccc4cc(-c5cc6ccc(C(=N)N(C)C)cc6[nH]5)ccc4c3)[nH]c2c1. The van der Waals surface area contributed by atoms with Crippen LogP contribution in [0.3, 0.4) is 0 Å². The van der Waals surface area contributed by atoms with Crippen molar-refractivity contribution in [3.05, 3.63) is 96.1 Å². The van der Waals surface area contributed by atoms with Crippen molar-refractivity contribution in [3.8, 4) is 22.5 Å². The van der Waals surface area contributed by atoms with Gasteiger partial charge in [0.1, 0.15) is 11.7 Å². The highest BCUT2D eigenvalue weighted by atomic mass is 15.1. The molecular formula is C32H30N6. The molecule has 0 aliphatic carbocycles. The summed E-state index contributed by atoms with van der Waals surface area (Å²) in [5, 5.41) is 21.2. The molecular weight excluding hydrogens is 468 g/mol. The highest BCUT2D eigenvalue weighted by Crippen LogP contribution is 2.31. The molecule has 6 aromatic rings. The minimum Gasteiger partial charge on any atom is -0.363 e. The topological polar surface area (TPSA) is 85.8 Å². The number of hydrogen-bond donors (Lipinski definition) is 4. The molecule has 0 atom stereocenters. The molecule has 4 aromatic carbocycles. The maximum atomic E-state index is 8.27. The highest BCUT2D eigenvalue weighted by molar-refractivity contribution is 6.01. The van der Waals surface area contributed by atoms with Crippen LogP contribution in [0.4, 0.5) is 0 Å². The summed E-state index contributed by atoms with van der Waals surface area (Å²) in [5.41, 5.74) is 8.24. The van der Waals surface area contributed by atoms with Crippen molar-refractivity contribution < 1.29 is 0 Å². The van der Waals surface area contributed by atoms with Gasteiger partial charge in [0.2, 0.25) is 0 Å². The number of rotatable bonds is 4. The first-order valence-corrected chi connectivity index (χ1v) is 12.6. The Morgan fingerprint density at radius 1 is 0.500 bits per heavy atom. The lowest BCUT2D eigenvalue weighted by Crippen LogP contribution is -2.21. The zero-order chi connectivity index (χ0) is 26.6. The van der Waals surface area contributed by atoms with Crippen LogP contribution < -0.4 is 0 Å². The molecule has 6 rings (SSSR count). The van der Waals surface area contributed by atoms with Crippen LogP contribution in [-0.2, 0) is 0 Å². The quantitative estimate of drug-likeness (QED) is 0.157. The van der Waals surface area contributed by atoms with E-state index in [0.29, 0.717) is 11.7 Å². The molecule has 38 heavy (non-hydrogen) atoms. The molecule has 6 heteroatoms. The lowest BCUT2D eigenvalue weighted by atomic mass is 10.0. The molecule has 0 aliphatic heterocycles. The van der Waals surface area contributed by atoms with Crippen molar-refractivity contribution in [1.29, 1.82) is 10.8 Å². The largest absolute Gasteiger partial charge is 0.363 e. The van der Waals surface area contributed by atoms with Gasteiger partial charge in [0.25, 0.3) is 0 Å². The maximum absolute atomic E-state index is 8.27. The van der Waals surface area contributed by atoms with E-state index >= 15 is 0 Å². The Kier molecular flexibility index (Phi) is 5.53. The van der Waals surface area contributed by atoms with Crippen molar-refractivity contribution in [1.82, 2.24) is 19.8 Å². The third kappa shape index (κ3) is 4.10. The number of H-pyrrole nitrogens is 2. The second kappa shape index (κ2) is 8.92. The number of nitrogens with zero attached hydrogens (tertiary/aromatic N) is 2. The molecule has 2 heterocycles. The minimum atomic E-state index is 0.494. The fourth-order valence-corrected chi connectivity index (χ4v) is 4.96. The standard InChI is InChI=1S/C32H30N6/c1-37(2)31(33)25-11-9-23-15-27(35-29(23)17-25)21-7-5-20-14-22(8-6-19(20)13-21)28-16-24-10-12-26(18-30(24)36-28)32(34)38(3)4/h5-18,33-36H,1-4H3. The second-order valence-electron chi connectivity index (χ2n) is 10.2. The molecule has 4 N–H and O–H groups in total. The van der Waals surface area contributed by atoms with E-state index in [1.165, 1.54) is 10.8 Å². The lowest BCUT2D eigenvalue weighted by Gasteiger charge is -2.13. The first-order valence-electron chi connectivity index (χ1n) is 12.6. The molecule has 0 saturated heterocycles. The van der Waals surface area contributed by atoms with Crippen LogP contribution in [0.25, 0.3) is 55.1 Å². The number of fused-ring (bicyclic) bond motifs is 3. The average molecular weight is 499 g/mol. The summed E-state index contributed by atoms with van der Waals surface area (Å²) >= 11 is 0. The fraction of sp³-hybridized carbons (Fsp3) is 0.125. The van der Waals surface area contributed by atoms with Crippen LogP contribution in [0.15, 0.2) is 84.9 Å². The van der Waals surface area contributed by atoms with Gasteiger partial charge in [-0.25, -0.2) is 0 Å². The molecule has 2 aromatic heterocycles. The smallest absolute Gasteiger partial charge is 0.127 e. The van der Waals surface area contributed by atoms with E-state index in [4.69, 9.17) is 10.8 Å². The molecule has 0 amide bonds. The maximum Gasteiger partial charge on any atom is 0.127 e. The zero-order valence-electron chi connectivity index (χ0n) is 22.0. The summed E-state index contributed by atoms with van der Waals surface area (Å²) in [6.07, 6.45) is 0. The summed E-state index contributed by atoms with van der Waals surface area (Å²) in [5.74, 6) is 0.987. The first-order chi connectivity index (χ1) is 18.3. The second-order valence-corrected chi connectivity index (χ2v) is 10.2. The number of hydrogen-bond acceptors (Lipinski definition) is 2. The van der Waals surface area contributed by atoms with Crippen LogP contribution in [0, 0.1) is 10.8 Å². The lowest BCUT2D eigenvalue weighted by molar-refractivity contribution is 0.619. The Labute approximate surface area is 221 Å². The summed E-state index contributed by atoms with van der Waals surface area (Å²) < 4.78 is 0. The van der Waals surface area contributed by atoms with E-state index in [2.05, 4.69) is 70.6 Å². The third-order valence-electron chi connectivity index (χ3n) is 7.15. The van der Waals surface area contributed by atoms with Gasteiger partial charge in [-0.2, -0.15) is 0 Å². The van der Waals surface area contributed by atoms with Crippen LogP contribution in [-0.4, -0.2) is 59.6 Å². The number of amidine groups is 2. The molecule has 6 nitrogen and oxygen atoms in total. The van der Waals surface area contributed by atoms with Gasteiger partial charge in [-0.3, -0.25) is 10.8 Å². The summed E-state index contributed by atoms with van der Waals surface area (Å²) in [7, 11) is 7.56. The first kappa shape index (κ1) is 23.6. The van der Waals surface area contributed by atoms with E-state index in [1.807, 2.05) is 62.3 Å². The van der Waals surface area contributed by atoms with Crippen LogP contribution in [0.5, 0.6) is 0 Å². The minimum absolute atomic E-state index is 0.494. The van der Waals surface area contributed by atoms with Crippen molar-refractivity contribution in [2.75, 3.05) is 28.2 Å². The molecule has 0 spiro atoms. The van der Waals surface area contributed by atoms with Gasteiger partial charge in [0, 0.05) is 72.5 Å². The van der Waals surface area contributed by atoms with E-state index in [9.17, 15) is 0 Å². The third-order valence-corrected chi connectivity index (χ3v) is 7.15. The number of aromatic nitrogens is 2. The number of benzene rings is 4. The van der Waals surface area contributed by atoms with Gasteiger partial charge >= 0.3 is 0 Å². The molecule has 0 bridgehead atoms. The Morgan fingerprint density at radius 3 is 1.29 bits per heavy atom. The summed E-state index contributed by atoms with van der Waals surface area (Å²) in [6, 6.07) is 29.7. The van der Waals surface area contributed by atoms with Crippen molar-refractivity contribution >= 4 is 44.2 Å². The van der Waals surface area contributed by atoms with E-state index in [1.54, 1.807) is 0 Å². The Balaban J connectivity index is 1.32. The van der Waals surface area contributed by atoms with Crippen molar-refractivity contribution in [2.24, 2.45) is 0 Å². The monoisotopic (exact) mass is 498 g/mol. The molecule has 0 aliphatic rings. The Bertz CT molecular complexity index is 1730. The zero-order valence-corrected chi connectivity index (χ0v) is 22.0. The van der Waals surface area contributed by atoms with Gasteiger partial charge in [-0.05, 0) is 58.3 Å². The van der Waals surface area contributed by atoms with Gasteiger partial charge < -0.3 is 19.8 Å². The molecule has 0 saturated carbocycles. The van der Waals surface area contributed by atoms with Gasteiger partial charge in [0.15, 0.2) is 0 Å². The normalized spacial score (nSPS) is 11.4. The van der Waals surface area contributed by atoms with E-state index < -0.39 is 0 Å². The van der Waals surface area contributed by atoms with E-state index in [0.717, 1.165) is 55.4 Å². The van der Waals surface area contributed by atoms with Crippen molar-refractivity contribution in [2.45, 2.75) is 0 Å². The fourth-order valence-electron chi connectivity index (χ4n) is 4.96. The van der Waals surface area contributed by atoms with Gasteiger partial charge in [0.05, 0.1) is 0 Å². The molecule has 0 unspecified atom stereocenters. The van der Waals surface area contributed by atoms with Gasteiger partial charge in [-0.15, -0.1) is 0 Å². The Hall–Kier alpha value is -4.84. The van der Waals surface area contributed by atoms with E-state index in [-0.39, 0.29) is 0 Å². The van der Waals surface area contributed by atoms with Crippen LogP contribution in [0.1, 0.15) is 11.1 Å². The molecule has 0 radical (unpaired) electrons. The highest BCUT2D eigenvalue weighted by Gasteiger charge is 2.11. The Morgan fingerprint density at radius 2 is 0.895 bits per heavy atom. The predicted molar refractivity (Wildman–Crippen MR) is 160 cm³/mol. The molecule has 188 valence electrons. The average Bonchev–Trinajstić information content (AvgIpc) is 3.55. The van der Waals surface area contributed by atoms with Crippen LogP contribution in [0.2, 0.25) is 0 Å². The summed E-state index contributed by atoms with van der Waals surface area (Å²) in [4.78, 5) is 10.7. The summed E-state index contributed by atoms with van der Waals surface area (Å²) in [6.45, 7) is 0.